The van der Waals surface area contributed by atoms with E-state index in [0.717, 1.165) is 24.4 Å². The number of fused-ring (bicyclic) bond motifs is 1. The van der Waals surface area contributed by atoms with Crippen molar-refractivity contribution in [3.05, 3.63) is 59.4 Å². The van der Waals surface area contributed by atoms with E-state index < -0.39 is 29.8 Å². The maximum Gasteiger partial charge on any atom is 0.264 e. The van der Waals surface area contributed by atoms with Gasteiger partial charge in [-0.15, -0.1) is 0 Å². The van der Waals surface area contributed by atoms with Crippen molar-refractivity contribution in [1.82, 2.24) is 9.55 Å². The Morgan fingerprint density at radius 1 is 1.09 bits per heavy atom. The summed E-state index contributed by atoms with van der Waals surface area (Å²) in [6, 6.07) is 9.49. The van der Waals surface area contributed by atoms with Gasteiger partial charge in [-0.3, -0.25) is 4.18 Å². The number of halogens is 2. The average Bonchev–Trinajstić information content (AvgIpc) is 3.06. The molecule has 0 amide bonds. The largest absolute Gasteiger partial charge is 0.486 e. The average molecular weight is 499 g/mol. The van der Waals surface area contributed by atoms with Gasteiger partial charge in [0.2, 0.25) is 0 Å². The second kappa shape index (κ2) is 10.3. The van der Waals surface area contributed by atoms with Gasteiger partial charge in [0.15, 0.2) is 0 Å². The molecule has 0 atom stereocenters. The molecule has 11 heteroatoms. The van der Waals surface area contributed by atoms with Crippen LogP contribution in [0.25, 0.3) is 11.0 Å². The van der Waals surface area contributed by atoms with Crippen LogP contribution in [-0.4, -0.2) is 38.9 Å². The molecule has 3 rings (SSSR count). The first-order valence-electron chi connectivity index (χ1n) is 10.4. The first kappa shape index (κ1) is 25.3. The smallest absolute Gasteiger partial charge is 0.264 e. The molecule has 0 spiro atoms. The Kier molecular flexibility index (Phi) is 7.88. The van der Waals surface area contributed by atoms with Crippen LogP contribution in [0.3, 0.4) is 0 Å². The van der Waals surface area contributed by atoms with Crippen LogP contribution in [-0.2, 0) is 39.0 Å². The molecule has 0 saturated heterocycles. The molecule has 0 N–H and O–H groups in total. The molecule has 1 aromatic heterocycles. The Labute approximate surface area is 193 Å². The van der Waals surface area contributed by atoms with Crippen LogP contribution in [0.2, 0.25) is 25.7 Å². The summed E-state index contributed by atoms with van der Waals surface area (Å²) in [7, 11) is -4.95. The number of rotatable bonds is 11. The van der Waals surface area contributed by atoms with Crippen molar-refractivity contribution >= 4 is 29.2 Å². The number of hydrogen-bond donors (Lipinski definition) is 0. The van der Waals surface area contributed by atoms with Gasteiger partial charge in [-0.25, -0.2) is 13.8 Å². The molecule has 0 radical (unpaired) electrons. The molecule has 1 heterocycles. The zero-order valence-corrected chi connectivity index (χ0v) is 20.9. The monoisotopic (exact) mass is 498 g/mol. The summed E-state index contributed by atoms with van der Waals surface area (Å²) in [4.78, 5) is 4.52. The molecular weight excluding hydrogens is 470 g/mol. The summed E-state index contributed by atoms with van der Waals surface area (Å²) in [6.07, 6.45) is 0.968. The third kappa shape index (κ3) is 7.32. The van der Waals surface area contributed by atoms with Crippen molar-refractivity contribution < 1.29 is 30.9 Å². The van der Waals surface area contributed by atoms with Crippen molar-refractivity contribution in [2.45, 2.75) is 45.6 Å². The summed E-state index contributed by atoms with van der Waals surface area (Å²) in [5.74, 6) is -0.641. The van der Waals surface area contributed by atoms with E-state index >= 15 is 0 Å². The zero-order chi connectivity index (χ0) is 24.2. The molecule has 0 aliphatic rings. The Balaban J connectivity index is 1.87. The molecule has 0 aliphatic carbocycles. The van der Waals surface area contributed by atoms with E-state index in [1.54, 1.807) is 22.8 Å². The molecule has 0 bridgehead atoms. The van der Waals surface area contributed by atoms with Crippen molar-refractivity contribution in [3.8, 4) is 5.75 Å². The van der Waals surface area contributed by atoms with Gasteiger partial charge in [0.1, 0.15) is 48.7 Å². The van der Waals surface area contributed by atoms with E-state index in [9.17, 15) is 17.2 Å². The lowest BCUT2D eigenvalue weighted by Crippen LogP contribution is -2.22. The SMILES string of the molecule is C[Si](C)(C)CCOCn1c(COS(C)(=O)=O)nc2c(OCc3ccc(F)cc3F)cccc21. The van der Waals surface area contributed by atoms with Crippen molar-refractivity contribution in [2.75, 3.05) is 12.9 Å². The van der Waals surface area contributed by atoms with E-state index in [1.807, 2.05) is 0 Å². The van der Waals surface area contributed by atoms with Gasteiger partial charge >= 0.3 is 0 Å². The van der Waals surface area contributed by atoms with Gasteiger partial charge in [-0.2, -0.15) is 8.42 Å². The number of ether oxygens (including phenoxy) is 2. The minimum absolute atomic E-state index is 0.125. The maximum absolute atomic E-state index is 14.0. The molecule has 2 aromatic carbocycles. The van der Waals surface area contributed by atoms with Crippen LogP contribution in [0.15, 0.2) is 36.4 Å². The lowest BCUT2D eigenvalue weighted by atomic mass is 10.2. The Morgan fingerprint density at radius 2 is 1.85 bits per heavy atom. The maximum atomic E-state index is 14.0. The molecule has 180 valence electrons. The van der Waals surface area contributed by atoms with Crippen LogP contribution < -0.4 is 4.74 Å². The molecule has 0 unspecified atom stereocenters. The Bertz CT molecular complexity index is 1230. The lowest BCUT2D eigenvalue weighted by Gasteiger charge is -2.16. The van der Waals surface area contributed by atoms with Crippen molar-refractivity contribution in [3.63, 3.8) is 0 Å². The molecule has 0 aliphatic heterocycles. The first-order chi connectivity index (χ1) is 15.4. The second-order valence-corrected chi connectivity index (χ2v) is 16.2. The van der Waals surface area contributed by atoms with Gasteiger partial charge in [-0.05, 0) is 30.3 Å². The summed E-state index contributed by atoms with van der Waals surface area (Å²) in [5, 5.41) is 0. The van der Waals surface area contributed by atoms with E-state index in [2.05, 4.69) is 24.6 Å². The summed E-state index contributed by atoms with van der Waals surface area (Å²) in [6.45, 7) is 7.10. The normalized spacial score (nSPS) is 12.4. The van der Waals surface area contributed by atoms with Gasteiger partial charge in [-0.1, -0.05) is 25.7 Å². The van der Waals surface area contributed by atoms with Gasteiger partial charge in [0.05, 0.1) is 11.8 Å². The fourth-order valence-corrected chi connectivity index (χ4v) is 4.10. The van der Waals surface area contributed by atoms with Crippen LogP contribution in [0.4, 0.5) is 8.78 Å². The third-order valence-corrected chi connectivity index (χ3v) is 7.09. The highest BCUT2D eigenvalue weighted by molar-refractivity contribution is 7.85. The minimum Gasteiger partial charge on any atom is -0.486 e. The number of nitrogens with zero attached hydrogens (tertiary/aromatic N) is 2. The Hall–Kier alpha value is -2.34. The fourth-order valence-electron chi connectivity index (χ4n) is 3.03. The number of imidazole rings is 1. The van der Waals surface area contributed by atoms with E-state index in [4.69, 9.17) is 13.7 Å². The van der Waals surface area contributed by atoms with Crippen molar-refractivity contribution in [1.29, 1.82) is 0 Å². The van der Waals surface area contributed by atoms with E-state index in [-0.39, 0.29) is 25.5 Å². The summed E-state index contributed by atoms with van der Waals surface area (Å²) in [5.41, 5.74) is 1.32. The van der Waals surface area contributed by atoms with Gasteiger partial charge in [0, 0.05) is 26.3 Å². The van der Waals surface area contributed by atoms with Crippen LogP contribution in [0.1, 0.15) is 11.4 Å². The first-order valence-corrected chi connectivity index (χ1v) is 15.9. The molecule has 3 aromatic rings. The van der Waals surface area contributed by atoms with Crippen LogP contribution in [0.5, 0.6) is 5.75 Å². The Morgan fingerprint density at radius 3 is 2.52 bits per heavy atom. The summed E-state index contributed by atoms with van der Waals surface area (Å²) >= 11 is 0. The second-order valence-electron chi connectivity index (χ2n) is 8.92. The number of benzene rings is 2. The number of aromatic nitrogens is 2. The predicted octanol–water partition coefficient (Wildman–Crippen LogP) is 4.68. The predicted molar refractivity (Wildman–Crippen MR) is 124 cm³/mol. The lowest BCUT2D eigenvalue weighted by molar-refractivity contribution is 0.0854. The third-order valence-electron chi connectivity index (χ3n) is 4.84. The van der Waals surface area contributed by atoms with Crippen molar-refractivity contribution in [2.24, 2.45) is 0 Å². The van der Waals surface area contributed by atoms with E-state index in [1.165, 1.54) is 6.07 Å². The topological polar surface area (TPSA) is 79.7 Å². The molecule has 7 nitrogen and oxygen atoms in total. The molecule has 0 saturated carbocycles. The van der Waals surface area contributed by atoms with Gasteiger partial charge < -0.3 is 14.0 Å². The standard InChI is InChI=1S/C22H28F2N2O5SSi/c1-32(27,28)31-14-21-25-22-19(26(21)15-29-10-11-33(2,3)4)6-5-7-20(22)30-13-16-8-9-17(23)12-18(16)24/h5-9,12H,10-11,13-15H2,1-4H3. The van der Waals surface area contributed by atoms with Crippen LogP contribution in [0, 0.1) is 11.6 Å². The van der Waals surface area contributed by atoms with Crippen LogP contribution >= 0.6 is 0 Å². The minimum atomic E-state index is -3.68. The quantitative estimate of drug-likeness (QED) is 0.217. The molecule has 0 fully saturated rings. The zero-order valence-electron chi connectivity index (χ0n) is 19.1. The highest BCUT2D eigenvalue weighted by atomic mass is 32.2. The molecular formula is C22H28F2N2O5SSi. The highest BCUT2D eigenvalue weighted by Crippen LogP contribution is 2.28. The van der Waals surface area contributed by atoms with E-state index in [0.29, 0.717) is 29.2 Å². The van der Waals surface area contributed by atoms with Gasteiger partial charge in [0.25, 0.3) is 10.1 Å². The fraction of sp³-hybridized carbons (Fsp3) is 0.409. The molecule has 33 heavy (non-hydrogen) atoms. The number of hydrogen-bond acceptors (Lipinski definition) is 6. The summed E-state index contributed by atoms with van der Waals surface area (Å²) < 4.78 is 68.5. The highest BCUT2D eigenvalue weighted by Gasteiger charge is 2.18. The number of para-hydroxylation sites is 1.